The molecule has 4 rings (SSSR count). The third-order valence-corrected chi connectivity index (χ3v) is 7.15. The Bertz CT molecular complexity index is 816. The van der Waals surface area contributed by atoms with Crippen LogP contribution in [0.15, 0.2) is 0 Å². The molecule has 134 valence electrons. The van der Waals surface area contributed by atoms with Crippen molar-refractivity contribution in [1.82, 2.24) is 14.9 Å². The van der Waals surface area contributed by atoms with Crippen LogP contribution in [0.1, 0.15) is 78.1 Å². The summed E-state index contributed by atoms with van der Waals surface area (Å²) in [7, 11) is 1.97. The zero-order valence-corrected chi connectivity index (χ0v) is 16.4. The number of hydrogen-bond acceptors (Lipinski definition) is 4. The highest BCUT2D eigenvalue weighted by Crippen LogP contribution is 2.40. The second-order valence-electron chi connectivity index (χ2n) is 8.01. The third kappa shape index (κ3) is 3.07. The van der Waals surface area contributed by atoms with Crippen LogP contribution in [0.3, 0.4) is 0 Å². The van der Waals surface area contributed by atoms with Crippen LogP contribution in [0.4, 0.5) is 0 Å². The third-order valence-electron chi connectivity index (χ3n) is 5.98. The minimum atomic E-state index is 0.160. The molecule has 2 aliphatic carbocycles. The average molecular weight is 358 g/mol. The summed E-state index contributed by atoms with van der Waals surface area (Å²) in [6.45, 7) is 6.42. The van der Waals surface area contributed by atoms with E-state index in [0.29, 0.717) is 12.0 Å². The van der Waals surface area contributed by atoms with Gasteiger partial charge in [0.1, 0.15) is 10.7 Å². The van der Waals surface area contributed by atoms with E-state index in [1.807, 2.05) is 11.9 Å². The van der Waals surface area contributed by atoms with Gasteiger partial charge >= 0.3 is 0 Å². The zero-order chi connectivity index (χ0) is 17.7. The van der Waals surface area contributed by atoms with Gasteiger partial charge in [-0.3, -0.25) is 4.79 Å². The fourth-order valence-electron chi connectivity index (χ4n) is 4.04. The van der Waals surface area contributed by atoms with Crippen LogP contribution in [-0.4, -0.2) is 33.9 Å². The summed E-state index contributed by atoms with van der Waals surface area (Å²) in [5.74, 6) is 2.47. The van der Waals surface area contributed by atoms with E-state index in [2.05, 4.69) is 20.8 Å². The van der Waals surface area contributed by atoms with Crippen LogP contribution in [0.25, 0.3) is 10.2 Å². The summed E-state index contributed by atoms with van der Waals surface area (Å²) in [5, 5.41) is 1.09. The molecule has 5 heteroatoms. The van der Waals surface area contributed by atoms with Crippen molar-refractivity contribution in [1.29, 1.82) is 0 Å². The number of rotatable bonds is 3. The van der Waals surface area contributed by atoms with Gasteiger partial charge in [-0.05, 0) is 63.9 Å². The van der Waals surface area contributed by atoms with Crippen molar-refractivity contribution in [3.05, 3.63) is 22.0 Å². The van der Waals surface area contributed by atoms with Crippen LogP contribution in [0, 0.1) is 19.8 Å². The van der Waals surface area contributed by atoms with Gasteiger partial charge in [0.05, 0.1) is 10.6 Å². The summed E-state index contributed by atoms with van der Waals surface area (Å²) in [6, 6.07) is 0.377. The van der Waals surface area contributed by atoms with E-state index in [4.69, 9.17) is 9.97 Å². The Hall–Kier alpha value is -1.49. The predicted molar refractivity (Wildman–Crippen MR) is 102 cm³/mol. The van der Waals surface area contributed by atoms with E-state index in [1.165, 1.54) is 25.7 Å². The van der Waals surface area contributed by atoms with E-state index < -0.39 is 0 Å². The summed E-state index contributed by atoms with van der Waals surface area (Å²) < 4.78 is 0. The molecule has 0 spiro atoms. The first-order valence-electron chi connectivity index (χ1n) is 9.50. The molecule has 0 radical (unpaired) electrons. The van der Waals surface area contributed by atoms with Crippen LogP contribution in [0.2, 0.25) is 0 Å². The summed E-state index contributed by atoms with van der Waals surface area (Å²) in [6.07, 6.45) is 7.09. The Morgan fingerprint density at radius 2 is 1.76 bits per heavy atom. The molecule has 0 aromatic carbocycles. The van der Waals surface area contributed by atoms with Crippen molar-refractivity contribution in [2.45, 2.75) is 71.3 Å². The molecule has 2 aliphatic rings. The van der Waals surface area contributed by atoms with Gasteiger partial charge in [-0.25, -0.2) is 9.97 Å². The Labute approximate surface area is 153 Å². The first kappa shape index (κ1) is 17.0. The molecular formula is C20H27N3OS. The van der Waals surface area contributed by atoms with Crippen LogP contribution >= 0.6 is 11.3 Å². The lowest BCUT2D eigenvalue weighted by Crippen LogP contribution is -2.39. The highest BCUT2D eigenvalue weighted by atomic mass is 32.1. The minimum absolute atomic E-state index is 0.160. The largest absolute Gasteiger partial charge is 0.338 e. The molecule has 2 aromatic heterocycles. The smallest absolute Gasteiger partial charge is 0.264 e. The van der Waals surface area contributed by atoms with Gasteiger partial charge in [-0.15, -0.1) is 11.3 Å². The van der Waals surface area contributed by atoms with Crippen LogP contribution in [-0.2, 0) is 0 Å². The van der Waals surface area contributed by atoms with Crippen LogP contribution < -0.4 is 0 Å². The first-order valence-corrected chi connectivity index (χ1v) is 10.3. The van der Waals surface area contributed by atoms with E-state index >= 15 is 0 Å². The number of nitrogens with zero attached hydrogens (tertiary/aromatic N) is 3. The maximum Gasteiger partial charge on any atom is 0.264 e. The van der Waals surface area contributed by atoms with Gasteiger partial charge in [0.15, 0.2) is 0 Å². The molecule has 0 unspecified atom stereocenters. The molecule has 4 nitrogen and oxygen atoms in total. The van der Waals surface area contributed by atoms with E-state index in [1.54, 1.807) is 11.3 Å². The highest BCUT2D eigenvalue weighted by molar-refractivity contribution is 7.20. The molecule has 0 N–H and O–H groups in total. The van der Waals surface area contributed by atoms with Gasteiger partial charge in [0.2, 0.25) is 0 Å². The van der Waals surface area contributed by atoms with E-state index in [0.717, 1.165) is 50.9 Å². The standard InChI is InChI=1S/C20H27N3OS/c1-11-5-9-15(10-6-11)23(4)20(24)17-12(2)16-13(3)21-18(14-7-8-14)22-19(16)25-17/h11,14-15H,5-10H2,1-4H3. The summed E-state index contributed by atoms with van der Waals surface area (Å²) in [5.41, 5.74) is 2.08. The number of carbonyl (C=O) groups excluding carboxylic acids is 1. The number of amides is 1. The van der Waals surface area contributed by atoms with Crippen molar-refractivity contribution in [2.75, 3.05) is 7.05 Å². The summed E-state index contributed by atoms with van der Waals surface area (Å²) >= 11 is 1.56. The first-order chi connectivity index (χ1) is 12.0. The molecule has 25 heavy (non-hydrogen) atoms. The normalized spacial score (nSPS) is 23.8. The molecule has 2 saturated carbocycles. The monoisotopic (exact) mass is 357 g/mol. The fourth-order valence-corrected chi connectivity index (χ4v) is 5.27. The molecule has 1 amide bonds. The van der Waals surface area contributed by atoms with Gasteiger partial charge in [0.25, 0.3) is 5.91 Å². The Kier molecular flexibility index (Phi) is 4.30. The number of thiophene rings is 1. The molecule has 2 fully saturated rings. The van der Waals surface area contributed by atoms with Crippen molar-refractivity contribution < 1.29 is 4.79 Å². The molecule has 0 atom stereocenters. The number of aryl methyl sites for hydroxylation is 2. The summed E-state index contributed by atoms with van der Waals surface area (Å²) in [4.78, 5) is 26.5. The molecule has 0 saturated heterocycles. The van der Waals surface area contributed by atoms with Crippen LogP contribution in [0.5, 0.6) is 0 Å². The SMILES string of the molecule is Cc1nc(C2CC2)nc2sc(C(=O)N(C)C3CCC(C)CC3)c(C)c12. The number of fused-ring (bicyclic) bond motifs is 1. The average Bonchev–Trinajstić information content (AvgIpc) is 3.38. The van der Waals surface area contributed by atoms with Crippen molar-refractivity contribution in [3.8, 4) is 0 Å². The van der Waals surface area contributed by atoms with Crippen molar-refractivity contribution in [2.24, 2.45) is 5.92 Å². The second-order valence-corrected chi connectivity index (χ2v) is 9.01. The quantitative estimate of drug-likeness (QED) is 0.790. The van der Waals surface area contributed by atoms with Crippen molar-refractivity contribution >= 4 is 27.5 Å². The number of carbonyl (C=O) groups is 1. The Morgan fingerprint density at radius 3 is 2.40 bits per heavy atom. The molecule has 0 bridgehead atoms. The van der Waals surface area contributed by atoms with Gasteiger partial charge in [0, 0.05) is 24.4 Å². The lowest BCUT2D eigenvalue weighted by atomic mass is 9.86. The maximum absolute atomic E-state index is 13.1. The zero-order valence-electron chi connectivity index (χ0n) is 15.6. The number of hydrogen-bond donors (Lipinski definition) is 0. The number of aromatic nitrogens is 2. The molecule has 2 heterocycles. The van der Waals surface area contributed by atoms with E-state index in [9.17, 15) is 4.79 Å². The lowest BCUT2D eigenvalue weighted by Gasteiger charge is -2.33. The topological polar surface area (TPSA) is 46.1 Å². The van der Waals surface area contributed by atoms with Gasteiger partial charge in [-0.1, -0.05) is 6.92 Å². The van der Waals surface area contributed by atoms with Gasteiger partial charge < -0.3 is 4.90 Å². The minimum Gasteiger partial charge on any atom is -0.338 e. The highest BCUT2D eigenvalue weighted by Gasteiger charge is 2.30. The molecular weight excluding hydrogens is 330 g/mol. The molecule has 2 aromatic rings. The second kappa shape index (κ2) is 6.35. The maximum atomic E-state index is 13.1. The Morgan fingerprint density at radius 1 is 1.08 bits per heavy atom. The Balaban J connectivity index is 1.65. The van der Waals surface area contributed by atoms with E-state index in [-0.39, 0.29) is 5.91 Å². The lowest BCUT2D eigenvalue weighted by molar-refractivity contribution is 0.0684. The van der Waals surface area contributed by atoms with Crippen molar-refractivity contribution in [3.63, 3.8) is 0 Å². The fraction of sp³-hybridized carbons (Fsp3) is 0.650. The predicted octanol–water partition coefficient (Wildman–Crippen LogP) is 4.84. The van der Waals surface area contributed by atoms with Gasteiger partial charge in [-0.2, -0.15) is 0 Å². The molecule has 0 aliphatic heterocycles.